The van der Waals surface area contributed by atoms with Gasteiger partial charge in [0.05, 0.1) is 6.61 Å². The number of carbonyl (C=O) groups excluding carboxylic acids is 1. The average Bonchev–Trinajstić information content (AvgIpc) is 3.11. The Morgan fingerprint density at radius 2 is 1.92 bits per heavy atom. The Morgan fingerprint density at radius 3 is 2.71 bits per heavy atom. The lowest BCUT2D eigenvalue weighted by Gasteiger charge is -2.04. The Hall–Kier alpha value is -3.06. The highest BCUT2D eigenvalue weighted by atomic mass is 16.6. The van der Waals surface area contributed by atoms with Crippen molar-refractivity contribution < 1.29 is 14.2 Å². The van der Waals surface area contributed by atoms with E-state index >= 15 is 0 Å². The number of nitrogens with zero attached hydrogens (tertiary/aromatic N) is 3. The molecule has 0 saturated heterocycles. The van der Waals surface area contributed by atoms with Gasteiger partial charge in [0, 0.05) is 30.8 Å². The number of hydrogen-bond acceptors (Lipinski definition) is 6. The van der Waals surface area contributed by atoms with Gasteiger partial charge in [0.15, 0.2) is 0 Å². The van der Waals surface area contributed by atoms with Gasteiger partial charge in [-0.15, -0.1) is 0 Å². The molecule has 0 unspecified atom stereocenters. The number of nitrogens with one attached hydrogen (secondary N) is 1. The molecule has 0 spiro atoms. The van der Waals surface area contributed by atoms with E-state index in [1.54, 1.807) is 24.5 Å². The van der Waals surface area contributed by atoms with Gasteiger partial charge in [0.1, 0.15) is 0 Å². The zero-order chi connectivity index (χ0) is 16.6. The average molecular weight is 324 g/mol. The molecule has 2 aromatic heterocycles. The van der Waals surface area contributed by atoms with Gasteiger partial charge in [0.25, 0.3) is 0 Å². The summed E-state index contributed by atoms with van der Waals surface area (Å²) < 4.78 is 5.14. The third kappa shape index (κ3) is 4.47. The van der Waals surface area contributed by atoms with E-state index in [1.165, 1.54) is 0 Å². The first-order valence-corrected chi connectivity index (χ1v) is 7.49. The van der Waals surface area contributed by atoms with Crippen LogP contribution in [-0.2, 0) is 22.7 Å². The molecule has 0 aliphatic rings. The number of pyridine rings is 1. The van der Waals surface area contributed by atoms with Crippen molar-refractivity contribution in [2.75, 3.05) is 0 Å². The van der Waals surface area contributed by atoms with Gasteiger partial charge in [-0.3, -0.25) is 14.6 Å². The van der Waals surface area contributed by atoms with Crippen molar-refractivity contribution >= 4 is 5.91 Å². The summed E-state index contributed by atoms with van der Waals surface area (Å²) in [4.78, 5) is 25.1. The van der Waals surface area contributed by atoms with E-state index in [4.69, 9.17) is 9.36 Å². The summed E-state index contributed by atoms with van der Waals surface area (Å²) >= 11 is 0. The molecule has 3 aromatic rings. The zero-order valence-electron chi connectivity index (χ0n) is 12.9. The van der Waals surface area contributed by atoms with Crippen LogP contribution < -0.4 is 5.48 Å². The molecule has 7 heteroatoms. The molecule has 122 valence electrons. The Kier molecular flexibility index (Phi) is 5.26. The van der Waals surface area contributed by atoms with Crippen LogP contribution >= 0.6 is 0 Å². The summed E-state index contributed by atoms with van der Waals surface area (Å²) in [6, 6.07) is 13.2. The van der Waals surface area contributed by atoms with Crippen LogP contribution in [0.4, 0.5) is 0 Å². The lowest BCUT2D eigenvalue weighted by molar-refractivity contribution is -0.134. The van der Waals surface area contributed by atoms with Crippen LogP contribution in [0.15, 0.2) is 59.4 Å². The molecule has 0 atom stereocenters. The molecule has 0 bridgehead atoms. The molecule has 0 saturated carbocycles. The minimum absolute atomic E-state index is 0.201. The number of hydroxylamine groups is 1. The van der Waals surface area contributed by atoms with Crippen molar-refractivity contribution in [1.82, 2.24) is 20.6 Å². The molecule has 1 aromatic carbocycles. The van der Waals surface area contributed by atoms with Gasteiger partial charge < -0.3 is 4.52 Å². The Morgan fingerprint density at radius 1 is 1.12 bits per heavy atom. The molecule has 0 fully saturated rings. The standard InChI is InChI=1S/C17H16N4O3/c22-15(20-23-12-13-4-2-1-3-5-13)6-7-16-19-17(21-24-16)14-8-10-18-11-9-14/h1-5,8-11H,6-7,12H2,(H,20,22). The van der Waals surface area contributed by atoms with Crippen molar-refractivity contribution in [3.05, 3.63) is 66.3 Å². The molecule has 0 radical (unpaired) electrons. The van der Waals surface area contributed by atoms with E-state index in [-0.39, 0.29) is 12.3 Å². The molecule has 3 rings (SSSR count). The van der Waals surface area contributed by atoms with Gasteiger partial charge in [-0.05, 0) is 17.7 Å². The van der Waals surface area contributed by atoms with E-state index < -0.39 is 0 Å². The fraction of sp³-hybridized carbons (Fsp3) is 0.176. The van der Waals surface area contributed by atoms with Crippen molar-refractivity contribution in [2.45, 2.75) is 19.4 Å². The number of hydrogen-bond donors (Lipinski definition) is 1. The molecule has 0 aliphatic heterocycles. The summed E-state index contributed by atoms with van der Waals surface area (Å²) in [6.07, 6.45) is 3.86. The van der Waals surface area contributed by atoms with E-state index in [2.05, 4.69) is 20.6 Å². The number of aryl methyl sites for hydroxylation is 1. The van der Waals surface area contributed by atoms with E-state index in [0.29, 0.717) is 24.7 Å². The van der Waals surface area contributed by atoms with E-state index in [9.17, 15) is 4.79 Å². The van der Waals surface area contributed by atoms with Gasteiger partial charge in [-0.2, -0.15) is 4.98 Å². The highest BCUT2D eigenvalue weighted by Gasteiger charge is 2.10. The second kappa shape index (κ2) is 7.98. The number of benzene rings is 1. The van der Waals surface area contributed by atoms with Crippen LogP contribution in [0.3, 0.4) is 0 Å². The summed E-state index contributed by atoms with van der Waals surface area (Å²) in [5, 5.41) is 3.89. The summed E-state index contributed by atoms with van der Waals surface area (Å²) in [5.41, 5.74) is 4.20. The normalized spacial score (nSPS) is 10.5. The molecule has 24 heavy (non-hydrogen) atoms. The third-order valence-corrected chi connectivity index (χ3v) is 3.24. The molecule has 0 aliphatic carbocycles. The highest BCUT2D eigenvalue weighted by molar-refractivity contribution is 5.74. The second-order valence-electron chi connectivity index (χ2n) is 5.05. The van der Waals surface area contributed by atoms with Crippen LogP contribution in [0.25, 0.3) is 11.4 Å². The maximum absolute atomic E-state index is 11.7. The van der Waals surface area contributed by atoms with Crippen LogP contribution in [0, 0.1) is 0 Å². The van der Waals surface area contributed by atoms with Crippen LogP contribution in [-0.4, -0.2) is 21.0 Å². The highest BCUT2D eigenvalue weighted by Crippen LogP contribution is 2.14. The fourth-order valence-corrected chi connectivity index (χ4v) is 2.02. The summed E-state index contributed by atoms with van der Waals surface area (Å²) in [5.74, 6) is 0.641. The number of rotatable bonds is 7. The molecular formula is C17H16N4O3. The largest absolute Gasteiger partial charge is 0.339 e. The monoisotopic (exact) mass is 324 g/mol. The van der Waals surface area contributed by atoms with Crippen molar-refractivity contribution in [3.63, 3.8) is 0 Å². The zero-order valence-corrected chi connectivity index (χ0v) is 12.9. The molecule has 1 N–H and O–H groups in total. The first-order valence-electron chi connectivity index (χ1n) is 7.49. The van der Waals surface area contributed by atoms with E-state index in [0.717, 1.165) is 11.1 Å². The quantitative estimate of drug-likeness (QED) is 0.671. The van der Waals surface area contributed by atoms with Crippen molar-refractivity contribution in [1.29, 1.82) is 0 Å². The predicted octanol–water partition coefficient (Wildman–Crippen LogP) is 2.31. The minimum atomic E-state index is -0.241. The Balaban J connectivity index is 1.42. The maximum Gasteiger partial charge on any atom is 0.244 e. The van der Waals surface area contributed by atoms with Gasteiger partial charge in [-0.25, -0.2) is 5.48 Å². The number of carbonyl (C=O) groups is 1. The first-order chi connectivity index (χ1) is 11.8. The van der Waals surface area contributed by atoms with E-state index in [1.807, 2.05) is 30.3 Å². The second-order valence-corrected chi connectivity index (χ2v) is 5.05. The third-order valence-electron chi connectivity index (χ3n) is 3.24. The molecule has 7 nitrogen and oxygen atoms in total. The van der Waals surface area contributed by atoms with Gasteiger partial charge in [0.2, 0.25) is 17.6 Å². The van der Waals surface area contributed by atoms with Crippen molar-refractivity contribution in [2.24, 2.45) is 0 Å². The van der Waals surface area contributed by atoms with Crippen LogP contribution in [0.1, 0.15) is 17.9 Å². The number of aromatic nitrogens is 3. The van der Waals surface area contributed by atoms with Crippen molar-refractivity contribution in [3.8, 4) is 11.4 Å². The Bertz CT molecular complexity index is 775. The number of amides is 1. The lowest BCUT2D eigenvalue weighted by atomic mass is 10.2. The molecular weight excluding hydrogens is 308 g/mol. The fourth-order valence-electron chi connectivity index (χ4n) is 2.02. The topological polar surface area (TPSA) is 90.1 Å². The van der Waals surface area contributed by atoms with Crippen LogP contribution in [0.5, 0.6) is 0 Å². The first kappa shape index (κ1) is 15.8. The van der Waals surface area contributed by atoms with Gasteiger partial charge in [-0.1, -0.05) is 35.5 Å². The molecule has 2 heterocycles. The minimum Gasteiger partial charge on any atom is -0.339 e. The summed E-state index contributed by atoms with van der Waals surface area (Å²) in [7, 11) is 0. The maximum atomic E-state index is 11.7. The smallest absolute Gasteiger partial charge is 0.244 e. The molecule has 1 amide bonds. The summed E-state index contributed by atoms with van der Waals surface area (Å²) in [6.45, 7) is 0.319. The predicted molar refractivity (Wildman–Crippen MR) is 85.2 cm³/mol. The van der Waals surface area contributed by atoms with Crippen LogP contribution in [0.2, 0.25) is 0 Å². The Labute approximate surface area is 138 Å². The van der Waals surface area contributed by atoms with Gasteiger partial charge >= 0.3 is 0 Å². The SMILES string of the molecule is O=C(CCc1nc(-c2ccncc2)no1)NOCc1ccccc1. The lowest BCUT2D eigenvalue weighted by Crippen LogP contribution is -2.23.